The lowest BCUT2D eigenvalue weighted by Gasteiger charge is -2.27. The fourth-order valence-corrected chi connectivity index (χ4v) is 10.1. The van der Waals surface area contributed by atoms with Crippen LogP contribution in [0.4, 0.5) is 34.1 Å². The third-order valence-corrected chi connectivity index (χ3v) is 14.6. The topological polar surface area (TPSA) is 318 Å². The molecular weight excluding hydrogens is 1080 g/mol. The molecule has 0 saturated carbocycles. The molecule has 0 saturated heterocycles. The molecule has 0 fully saturated rings. The van der Waals surface area contributed by atoms with Gasteiger partial charge in [0, 0.05) is 22.3 Å². The minimum atomic E-state index is -4.95. The maximum absolute atomic E-state index is 13.1. The predicted molar refractivity (Wildman–Crippen MR) is 316 cm³/mol. The average Bonchev–Trinajstić information content (AvgIpc) is 3.21. The van der Waals surface area contributed by atoms with Crippen LogP contribution in [0.1, 0.15) is 116 Å². The fraction of sp³-hybridized carbons (Fsp3) is 0.267. The Hall–Kier alpha value is -8.70. The van der Waals surface area contributed by atoms with E-state index in [4.69, 9.17) is 9.98 Å². The van der Waals surface area contributed by atoms with Gasteiger partial charge in [-0.3, -0.25) is 39.0 Å². The van der Waals surface area contributed by atoms with Crippen molar-refractivity contribution in [3.8, 4) is 11.5 Å². The average molecular weight is 1150 g/mol. The molecule has 0 radical (unpaired) electrons. The van der Waals surface area contributed by atoms with Crippen molar-refractivity contribution in [1.29, 1.82) is 0 Å². The first-order chi connectivity index (χ1) is 38.2. The summed E-state index contributed by atoms with van der Waals surface area (Å²) >= 11 is 0. The third kappa shape index (κ3) is 14.8. The number of nitrogens with one attached hydrogen (secondary N) is 6. The molecule has 8 rings (SSSR count). The highest BCUT2D eigenvalue weighted by atomic mass is 32.2. The van der Waals surface area contributed by atoms with E-state index in [9.17, 15) is 36.2 Å². The number of nitrogens with zero attached hydrogens (tertiary/aromatic N) is 6. The molecule has 0 bridgehead atoms. The van der Waals surface area contributed by atoms with Crippen molar-refractivity contribution >= 4 is 66.5 Å². The molecule has 8 aromatic rings. The van der Waals surface area contributed by atoms with E-state index in [0.717, 1.165) is 12.1 Å². The lowest BCUT2D eigenvalue weighted by molar-refractivity contribution is 0.422. The molecule has 22 heteroatoms. The van der Waals surface area contributed by atoms with Gasteiger partial charge < -0.3 is 10.2 Å². The van der Waals surface area contributed by atoms with E-state index in [2.05, 4.69) is 49.9 Å². The summed E-state index contributed by atoms with van der Waals surface area (Å²) < 4.78 is 73.4. The van der Waals surface area contributed by atoms with Crippen molar-refractivity contribution in [3.63, 3.8) is 0 Å². The summed E-state index contributed by atoms with van der Waals surface area (Å²) in [5.74, 6) is 0.372. The molecule has 2 heterocycles. The summed E-state index contributed by atoms with van der Waals surface area (Å²) in [7, 11) is -9.89. The van der Waals surface area contributed by atoms with Crippen molar-refractivity contribution in [2.24, 2.45) is 30.0 Å². The molecular formula is C60H68N12O8S2. The van der Waals surface area contributed by atoms with E-state index in [1.807, 2.05) is 119 Å². The Morgan fingerprint density at radius 2 is 0.585 bits per heavy atom. The second-order valence-corrected chi connectivity index (χ2v) is 26.5. The van der Waals surface area contributed by atoms with Gasteiger partial charge in [-0.1, -0.05) is 144 Å². The van der Waals surface area contributed by atoms with E-state index in [1.165, 1.54) is 36.4 Å². The number of phenolic OH excluding ortho intramolecular Hbond substituents is 2. The lowest BCUT2D eigenvalue weighted by Crippen LogP contribution is -2.36. The van der Waals surface area contributed by atoms with Crippen LogP contribution in [0.25, 0.3) is 12.2 Å². The van der Waals surface area contributed by atoms with Crippen LogP contribution in [-0.4, -0.2) is 66.1 Å². The van der Waals surface area contributed by atoms with E-state index < -0.39 is 51.7 Å². The Morgan fingerprint density at radius 3 is 0.829 bits per heavy atom. The van der Waals surface area contributed by atoms with E-state index in [-0.39, 0.29) is 67.7 Å². The number of hydrogen-bond acceptors (Lipinski definition) is 12. The van der Waals surface area contributed by atoms with Gasteiger partial charge in [0.05, 0.1) is 34.1 Å². The van der Waals surface area contributed by atoms with Gasteiger partial charge in [-0.15, -0.1) is 0 Å². The minimum absolute atomic E-state index is 0.0495. The van der Waals surface area contributed by atoms with Gasteiger partial charge in [-0.05, 0) is 106 Å². The monoisotopic (exact) mass is 1150 g/mol. The number of rotatable bonds is 10. The Labute approximate surface area is 474 Å². The quantitative estimate of drug-likeness (QED) is 0.0463. The zero-order chi connectivity index (χ0) is 59.7. The molecule has 6 aromatic carbocycles. The van der Waals surface area contributed by atoms with Crippen LogP contribution >= 0.6 is 0 Å². The highest BCUT2D eigenvalue weighted by Gasteiger charge is 2.28. The van der Waals surface area contributed by atoms with Crippen LogP contribution in [0.3, 0.4) is 0 Å². The maximum atomic E-state index is 13.1. The standard InChI is InChI=1S/C60H68N12O8S2/c1-57(2,3)43-29-41(30-44(49(43)73)58(4,5)6)65-55-69-51(61-37-19-15-13-16-20-37)67-53(71-55)63-39-27-25-35(47(33-39)81(75,76)77)23-24-36-26-28-40(34-48(36)82(78,79)80)64-54-68-52(62-38-21-17-14-18-22-38)70-56(72-54)66-42-31-45(59(7,8)9)50(74)46(32-42)60(10,11)12/h13-34,73-74H,1-12H3,(H,75,76,77)(H,78,79,80)(H3,61,63,65,67,69,71)(H3,62,64,66,68,70,72)/b24-23+. The summed E-state index contributed by atoms with van der Waals surface area (Å²) in [5, 5.41) is 22.7. The lowest BCUT2D eigenvalue weighted by atomic mass is 9.79. The molecule has 0 amide bonds. The molecule has 0 atom stereocenters. The van der Waals surface area contributed by atoms with Crippen molar-refractivity contribution in [2.75, 3.05) is 0 Å². The molecule has 428 valence electrons. The molecule has 82 heavy (non-hydrogen) atoms. The van der Waals surface area contributed by atoms with Gasteiger partial charge >= 0.3 is 0 Å². The van der Waals surface area contributed by atoms with Crippen LogP contribution in [0, 0.1) is 0 Å². The number of aromatic amines is 6. The summed E-state index contributed by atoms with van der Waals surface area (Å²) in [6.45, 7) is 24.0. The van der Waals surface area contributed by atoms with Gasteiger partial charge in [0.25, 0.3) is 20.2 Å². The number of phenols is 2. The number of H-pyrrole nitrogens is 6. The molecule has 0 unspecified atom stereocenters. The normalized spacial score (nSPS) is 14.4. The first kappa shape index (κ1) is 59.4. The Kier molecular flexibility index (Phi) is 16.4. The van der Waals surface area contributed by atoms with Crippen LogP contribution in [-0.2, 0) is 41.9 Å². The predicted octanol–water partition coefficient (Wildman–Crippen LogP) is 10.3. The summed E-state index contributed by atoms with van der Waals surface area (Å²) in [6, 6.07) is 33.4. The van der Waals surface area contributed by atoms with Crippen LogP contribution in [0.2, 0.25) is 0 Å². The van der Waals surface area contributed by atoms with Gasteiger partial charge in [0.15, 0.2) is 0 Å². The summed E-state index contributed by atoms with van der Waals surface area (Å²) in [4.78, 5) is 45.8. The molecule has 0 aliphatic heterocycles. The first-order valence-electron chi connectivity index (χ1n) is 26.1. The van der Waals surface area contributed by atoms with E-state index in [0.29, 0.717) is 45.0 Å². The van der Waals surface area contributed by atoms with E-state index in [1.54, 1.807) is 48.5 Å². The second-order valence-electron chi connectivity index (χ2n) is 23.7. The van der Waals surface area contributed by atoms with Crippen LogP contribution < -0.4 is 33.7 Å². The Bertz CT molecular complexity index is 4110. The van der Waals surface area contributed by atoms with Gasteiger partial charge in [-0.2, -0.15) is 16.8 Å². The molecule has 0 aliphatic rings. The van der Waals surface area contributed by atoms with Crippen molar-refractivity contribution < 1.29 is 36.2 Å². The largest absolute Gasteiger partial charge is 0.507 e. The smallest absolute Gasteiger partial charge is 0.295 e. The molecule has 2 aromatic heterocycles. The van der Waals surface area contributed by atoms with E-state index >= 15 is 0 Å². The van der Waals surface area contributed by atoms with Gasteiger partial charge in [0.2, 0.25) is 33.7 Å². The highest BCUT2D eigenvalue weighted by Crippen LogP contribution is 2.43. The Balaban J connectivity index is 1.22. The van der Waals surface area contributed by atoms with Crippen molar-refractivity contribution in [3.05, 3.63) is 188 Å². The SMILES string of the molecule is CC(C)(C)c1cc(N=c2[nH]c(=Nc3ccccc3)[nH]c(=Nc3ccc(/C=C/c4ccc(N=c5[nH]c(=Nc6ccccc6)[nH]c(=Nc6cc(C(C)(C)C)c(O)c(C(C)(C)C)c6)[nH]5)cc4S(=O)(=O)O)c(S(=O)(=O)O)c3)[nH]2)cc(C(C)(C)C)c1O. The zero-order valence-corrected chi connectivity index (χ0v) is 49.3. The van der Waals surface area contributed by atoms with Crippen LogP contribution in [0.5, 0.6) is 11.5 Å². The summed E-state index contributed by atoms with van der Waals surface area (Å²) in [5.41, 5.74) is 4.24. The number of hydrogen-bond donors (Lipinski definition) is 10. The molecule has 0 spiro atoms. The van der Waals surface area contributed by atoms with Gasteiger partial charge in [0.1, 0.15) is 21.3 Å². The fourth-order valence-electron chi connectivity index (χ4n) is 8.72. The van der Waals surface area contributed by atoms with Crippen molar-refractivity contribution in [2.45, 2.75) is 115 Å². The number of aromatic nitrogens is 6. The highest BCUT2D eigenvalue weighted by molar-refractivity contribution is 7.86. The van der Waals surface area contributed by atoms with Gasteiger partial charge in [-0.25, -0.2) is 30.0 Å². The molecule has 10 N–H and O–H groups in total. The van der Waals surface area contributed by atoms with Crippen molar-refractivity contribution in [1.82, 2.24) is 29.9 Å². The Morgan fingerprint density at radius 1 is 0.341 bits per heavy atom. The van der Waals surface area contributed by atoms with Crippen LogP contribution in [0.15, 0.2) is 161 Å². The number of benzene rings is 6. The third-order valence-electron chi connectivity index (χ3n) is 12.8. The summed E-state index contributed by atoms with van der Waals surface area (Å²) in [6.07, 6.45) is 2.54. The number of para-hydroxylation sites is 2. The zero-order valence-electron chi connectivity index (χ0n) is 47.6. The number of aromatic hydroxyl groups is 2. The molecule has 0 aliphatic carbocycles. The minimum Gasteiger partial charge on any atom is -0.507 e. The molecule has 20 nitrogen and oxygen atoms in total. The maximum Gasteiger partial charge on any atom is 0.295 e. The second kappa shape index (κ2) is 22.7. The first-order valence-corrected chi connectivity index (χ1v) is 29.0.